The fourth-order valence-electron chi connectivity index (χ4n) is 0.944. The first kappa shape index (κ1) is 8.59. The van der Waals surface area contributed by atoms with E-state index in [0.29, 0.717) is 0 Å². The molecule has 0 bridgehead atoms. The summed E-state index contributed by atoms with van der Waals surface area (Å²) >= 11 is 0. The second-order valence-electron chi connectivity index (χ2n) is 2.53. The summed E-state index contributed by atoms with van der Waals surface area (Å²) in [5.41, 5.74) is 1.95. The number of aryl methyl sites for hydroxylation is 1. The molecule has 3 heteroatoms. The third kappa shape index (κ3) is 1.99. The molecule has 0 atom stereocenters. The van der Waals surface area contributed by atoms with Gasteiger partial charge in [-0.05, 0) is 30.7 Å². The highest BCUT2D eigenvalue weighted by molar-refractivity contribution is 5.77. The number of phenolic OH excluding ortho intramolecular Hbond substituents is 1. The first-order valence-corrected chi connectivity index (χ1v) is 3.71. The molecule has 0 heterocycles. The molecule has 3 nitrogen and oxygen atoms in total. The van der Waals surface area contributed by atoms with Crippen molar-refractivity contribution < 1.29 is 5.11 Å². The Bertz CT molecular complexity index is 295. The molecule has 0 saturated carbocycles. The highest BCUT2D eigenvalue weighted by Gasteiger charge is 1.95. The molecule has 12 heavy (non-hydrogen) atoms. The van der Waals surface area contributed by atoms with E-state index in [4.69, 9.17) is 5.11 Å². The Labute approximate surface area is 71.8 Å². The Kier molecular flexibility index (Phi) is 2.69. The fourth-order valence-corrected chi connectivity index (χ4v) is 0.944. The SMILES string of the molecule is CN=CNc1ccc(O)cc1C. The van der Waals surface area contributed by atoms with Gasteiger partial charge in [0.15, 0.2) is 0 Å². The van der Waals surface area contributed by atoms with Crippen molar-refractivity contribution in [2.75, 3.05) is 12.4 Å². The number of anilines is 1. The van der Waals surface area contributed by atoms with Crippen LogP contribution in [0, 0.1) is 6.92 Å². The molecule has 0 saturated heterocycles. The lowest BCUT2D eigenvalue weighted by Gasteiger charge is -2.04. The minimum Gasteiger partial charge on any atom is -0.508 e. The van der Waals surface area contributed by atoms with E-state index in [9.17, 15) is 0 Å². The summed E-state index contributed by atoms with van der Waals surface area (Å²) in [5.74, 6) is 0.284. The van der Waals surface area contributed by atoms with E-state index in [1.807, 2.05) is 13.0 Å². The molecule has 64 valence electrons. The molecule has 0 amide bonds. The monoisotopic (exact) mass is 164 g/mol. The third-order valence-corrected chi connectivity index (χ3v) is 1.56. The summed E-state index contributed by atoms with van der Waals surface area (Å²) in [7, 11) is 1.70. The summed E-state index contributed by atoms with van der Waals surface area (Å²) < 4.78 is 0. The van der Waals surface area contributed by atoms with Gasteiger partial charge >= 0.3 is 0 Å². The van der Waals surface area contributed by atoms with Crippen LogP contribution in [0.15, 0.2) is 23.2 Å². The van der Waals surface area contributed by atoms with Crippen LogP contribution >= 0.6 is 0 Å². The van der Waals surface area contributed by atoms with Gasteiger partial charge in [0.2, 0.25) is 0 Å². The van der Waals surface area contributed by atoms with Crippen LogP contribution in [0.25, 0.3) is 0 Å². The van der Waals surface area contributed by atoms with Crippen molar-refractivity contribution in [2.24, 2.45) is 4.99 Å². The number of benzene rings is 1. The van der Waals surface area contributed by atoms with Crippen LogP contribution in [0.5, 0.6) is 5.75 Å². The van der Waals surface area contributed by atoms with Gasteiger partial charge in [0, 0.05) is 12.7 Å². The molecule has 0 unspecified atom stereocenters. The largest absolute Gasteiger partial charge is 0.508 e. The van der Waals surface area contributed by atoms with E-state index in [0.717, 1.165) is 11.3 Å². The molecule has 0 fully saturated rings. The molecular formula is C9H12N2O. The van der Waals surface area contributed by atoms with Crippen LogP contribution < -0.4 is 5.32 Å². The zero-order chi connectivity index (χ0) is 8.97. The van der Waals surface area contributed by atoms with Crippen molar-refractivity contribution in [1.82, 2.24) is 0 Å². The van der Waals surface area contributed by atoms with Crippen molar-refractivity contribution in [3.05, 3.63) is 23.8 Å². The maximum atomic E-state index is 9.10. The zero-order valence-electron chi connectivity index (χ0n) is 7.20. The quantitative estimate of drug-likeness (QED) is 0.397. The van der Waals surface area contributed by atoms with Crippen LogP contribution in [-0.4, -0.2) is 18.5 Å². The minimum atomic E-state index is 0.284. The average Bonchev–Trinajstić information content (AvgIpc) is 2.03. The molecule has 0 aromatic heterocycles. The number of hydrogen-bond donors (Lipinski definition) is 2. The summed E-state index contributed by atoms with van der Waals surface area (Å²) in [4.78, 5) is 3.80. The van der Waals surface area contributed by atoms with Crippen molar-refractivity contribution in [3.63, 3.8) is 0 Å². The fraction of sp³-hybridized carbons (Fsp3) is 0.222. The van der Waals surface area contributed by atoms with Gasteiger partial charge in [0.25, 0.3) is 0 Å². The predicted molar refractivity (Wildman–Crippen MR) is 50.9 cm³/mol. The maximum Gasteiger partial charge on any atom is 0.115 e. The van der Waals surface area contributed by atoms with Crippen LogP contribution in [-0.2, 0) is 0 Å². The smallest absolute Gasteiger partial charge is 0.115 e. The van der Waals surface area contributed by atoms with Gasteiger partial charge in [0.05, 0.1) is 6.34 Å². The van der Waals surface area contributed by atoms with Crippen molar-refractivity contribution in [2.45, 2.75) is 6.92 Å². The molecule has 0 aliphatic carbocycles. The highest BCUT2D eigenvalue weighted by atomic mass is 16.3. The van der Waals surface area contributed by atoms with Gasteiger partial charge in [-0.25, -0.2) is 0 Å². The second kappa shape index (κ2) is 3.76. The van der Waals surface area contributed by atoms with E-state index in [2.05, 4.69) is 10.3 Å². The Morgan fingerprint density at radius 2 is 2.25 bits per heavy atom. The van der Waals surface area contributed by atoms with Gasteiger partial charge < -0.3 is 10.4 Å². The van der Waals surface area contributed by atoms with Crippen LogP contribution in [0.4, 0.5) is 5.69 Å². The van der Waals surface area contributed by atoms with Gasteiger partial charge in [-0.2, -0.15) is 0 Å². The zero-order valence-corrected chi connectivity index (χ0v) is 7.20. The minimum absolute atomic E-state index is 0.284. The number of phenols is 1. The number of nitrogens with zero attached hydrogens (tertiary/aromatic N) is 1. The van der Waals surface area contributed by atoms with E-state index in [-0.39, 0.29) is 5.75 Å². The molecule has 1 aromatic rings. The summed E-state index contributed by atoms with van der Waals surface area (Å²) in [6, 6.07) is 5.15. The number of aromatic hydroxyl groups is 1. The second-order valence-corrected chi connectivity index (χ2v) is 2.53. The Balaban J connectivity index is 2.86. The van der Waals surface area contributed by atoms with Gasteiger partial charge in [-0.15, -0.1) is 0 Å². The molecular weight excluding hydrogens is 152 g/mol. The lowest BCUT2D eigenvalue weighted by Crippen LogP contribution is -1.96. The molecule has 0 aliphatic rings. The van der Waals surface area contributed by atoms with Gasteiger partial charge in [-0.1, -0.05) is 0 Å². The predicted octanol–water partition coefficient (Wildman–Crippen LogP) is 1.77. The van der Waals surface area contributed by atoms with Gasteiger partial charge in [-0.3, -0.25) is 4.99 Å². The normalized spacial score (nSPS) is 10.5. The third-order valence-electron chi connectivity index (χ3n) is 1.56. The highest BCUT2D eigenvalue weighted by Crippen LogP contribution is 2.19. The van der Waals surface area contributed by atoms with Crippen molar-refractivity contribution >= 4 is 12.0 Å². The number of aliphatic imine (C=N–C) groups is 1. The molecule has 0 spiro atoms. The van der Waals surface area contributed by atoms with Crippen molar-refractivity contribution in [1.29, 1.82) is 0 Å². The standard InChI is InChI=1S/C9H12N2O/c1-7-5-8(12)3-4-9(7)11-6-10-2/h3-6,12H,1-2H3,(H,10,11). The first-order chi connectivity index (χ1) is 5.74. The Hall–Kier alpha value is -1.51. The van der Waals surface area contributed by atoms with E-state index in [1.165, 1.54) is 0 Å². The van der Waals surface area contributed by atoms with E-state index >= 15 is 0 Å². The number of rotatable bonds is 2. The average molecular weight is 164 g/mol. The first-order valence-electron chi connectivity index (χ1n) is 3.71. The summed E-state index contributed by atoms with van der Waals surface area (Å²) in [6.07, 6.45) is 1.61. The lowest BCUT2D eigenvalue weighted by atomic mass is 10.2. The number of hydrogen-bond acceptors (Lipinski definition) is 2. The summed E-state index contributed by atoms with van der Waals surface area (Å²) in [5, 5.41) is 12.1. The molecule has 2 N–H and O–H groups in total. The van der Waals surface area contributed by atoms with Crippen LogP contribution in [0.1, 0.15) is 5.56 Å². The summed E-state index contributed by atoms with van der Waals surface area (Å²) in [6.45, 7) is 1.92. The number of nitrogens with one attached hydrogen (secondary N) is 1. The van der Waals surface area contributed by atoms with Crippen LogP contribution in [0.2, 0.25) is 0 Å². The van der Waals surface area contributed by atoms with Crippen LogP contribution in [0.3, 0.4) is 0 Å². The molecule has 1 aromatic carbocycles. The van der Waals surface area contributed by atoms with E-state index < -0.39 is 0 Å². The molecule has 0 aliphatic heterocycles. The maximum absolute atomic E-state index is 9.10. The van der Waals surface area contributed by atoms with Crippen molar-refractivity contribution in [3.8, 4) is 5.75 Å². The van der Waals surface area contributed by atoms with E-state index in [1.54, 1.807) is 25.5 Å². The van der Waals surface area contributed by atoms with Gasteiger partial charge in [0.1, 0.15) is 5.75 Å². The topological polar surface area (TPSA) is 44.6 Å². The molecule has 0 radical (unpaired) electrons. The Morgan fingerprint density at radius 1 is 1.50 bits per heavy atom. The Morgan fingerprint density at radius 3 is 2.83 bits per heavy atom. The lowest BCUT2D eigenvalue weighted by molar-refractivity contribution is 0.475. The molecule has 1 rings (SSSR count).